The van der Waals surface area contributed by atoms with Gasteiger partial charge in [-0.3, -0.25) is 0 Å². The summed E-state index contributed by atoms with van der Waals surface area (Å²) in [6, 6.07) is 7.57. The Bertz CT molecular complexity index is 488. The molecule has 1 saturated heterocycles. The average Bonchev–Trinajstić information content (AvgIpc) is 2.86. The van der Waals surface area contributed by atoms with E-state index < -0.39 is 0 Å². The molecule has 6 nitrogen and oxygen atoms in total. The summed E-state index contributed by atoms with van der Waals surface area (Å²) in [6.07, 6.45) is 4.83. The van der Waals surface area contributed by atoms with Crippen LogP contribution in [0.25, 0.3) is 0 Å². The van der Waals surface area contributed by atoms with Gasteiger partial charge in [0.05, 0.1) is 6.61 Å². The molecule has 1 fully saturated rings. The number of ether oxygens (including phenoxy) is 2. The molecular weight excluding hydrogens is 306 g/mol. The van der Waals surface area contributed by atoms with Gasteiger partial charge in [0.15, 0.2) is 0 Å². The standard InChI is InChI=1S/C18H29N3O3/c1-2-23-11-12-24-17-9-6-8-15(13-17)21-18(22)20-14-16-7-4-3-5-10-19-16/h6,8-9,13,16,19H,2-5,7,10-12,14H2,1H3,(H2,20,21,22)/t16-/m0/s1. The van der Waals surface area contributed by atoms with Crippen LogP contribution >= 0.6 is 0 Å². The van der Waals surface area contributed by atoms with E-state index in [1.165, 1.54) is 19.3 Å². The van der Waals surface area contributed by atoms with Crippen molar-refractivity contribution in [3.8, 4) is 5.75 Å². The van der Waals surface area contributed by atoms with E-state index in [2.05, 4.69) is 16.0 Å². The van der Waals surface area contributed by atoms with Crippen LogP contribution in [0.15, 0.2) is 24.3 Å². The highest BCUT2D eigenvalue weighted by atomic mass is 16.5. The van der Waals surface area contributed by atoms with Crippen molar-refractivity contribution in [2.75, 3.05) is 38.2 Å². The normalized spacial score (nSPS) is 17.8. The topological polar surface area (TPSA) is 71.6 Å². The molecule has 6 heteroatoms. The largest absolute Gasteiger partial charge is 0.491 e. The maximum absolute atomic E-state index is 12.0. The second-order valence-corrected chi connectivity index (χ2v) is 5.91. The van der Waals surface area contributed by atoms with Gasteiger partial charge in [0.2, 0.25) is 0 Å². The molecule has 0 bridgehead atoms. The molecule has 134 valence electrons. The Morgan fingerprint density at radius 3 is 3.08 bits per heavy atom. The molecule has 1 aliphatic rings. The number of anilines is 1. The molecule has 0 radical (unpaired) electrons. The van der Waals surface area contributed by atoms with Crippen LogP contribution < -0.4 is 20.7 Å². The number of benzene rings is 1. The van der Waals surface area contributed by atoms with Crippen molar-refractivity contribution in [1.82, 2.24) is 10.6 Å². The van der Waals surface area contributed by atoms with Crippen LogP contribution in [0.2, 0.25) is 0 Å². The highest BCUT2D eigenvalue weighted by Crippen LogP contribution is 2.17. The van der Waals surface area contributed by atoms with Crippen LogP contribution in [0, 0.1) is 0 Å². The summed E-state index contributed by atoms with van der Waals surface area (Å²) >= 11 is 0. The number of carbonyl (C=O) groups excluding carboxylic acids is 1. The lowest BCUT2D eigenvalue weighted by molar-refractivity contribution is 0.110. The number of nitrogens with one attached hydrogen (secondary N) is 3. The molecule has 2 amide bonds. The van der Waals surface area contributed by atoms with E-state index in [1.54, 1.807) is 0 Å². The minimum Gasteiger partial charge on any atom is -0.491 e. The summed E-state index contributed by atoms with van der Waals surface area (Å²) in [5.74, 6) is 0.720. The number of hydrogen-bond donors (Lipinski definition) is 3. The van der Waals surface area contributed by atoms with Crippen LogP contribution in [0.3, 0.4) is 0 Å². The van der Waals surface area contributed by atoms with Crippen LogP contribution in [0.4, 0.5) is 10.5 Å². The zero-order valence-corrected chi connectivity index (χ0v) is 14.5. The Hall–Kier alpha value is -1.79. The van der Waals surface area contributed by atoms with Gasteiger partial charge in [-0.2, -0.15) is 0 Å². The Kier molecular flexibility index (Phi) is 8.41. The van der Waals surface area contributed by atoms with Crippen LogP contribution in [-0.2, 0) is 4.74 Å². The third-order valence-corrected chi connectivity index (χ3v) is 3.96. The van der Waals surface area contributed by atoms with Crippen molar-refractivity contribution >= 4 is 11.7 Å². The fraction of sp³-hybridized carbons (Fsp3) is 0.611. The van der Waals surface area contributed by atoms with Crippen LogP contribution in [0.5, 0.6) is 5.75 Å². The quantitative estimate of drug-likeness (QED) is 0.639. The predicted molar refractivity (Wildman–Crippen MR) is 95.7 cm³/mol. The molecule has 0 spiro atoms. The number of amides is 2. The van der Waals surface area contributed by atoms with Crippen molar-refractivity contribution in [1.29, 1.82) is 0 Å². The van der Waals surface area contributed by atoms with Gasteiger partial charge in [0, 0.05) is 30.9 Å². The van der Waals surface area contributed by atoms with Gasteiger partial charge >= 0.3 is 6.03 Å². The van der Waals surface area contributed by atoms with Gasteiger partial charge in [-0.15, -0.1) is 0 Å². The van der Waals surface area contributed by atoms with E-state index in [0.29, 0.717) is 32.4 Å². The maximum Gasteiger partial charge on any atom is 0.319 e. The van der Waals surface area contributed by atoms with Gasteiger partial charge in [0.25, 0.3) is 0 Å². The molecule has 1 aromatic carbocycles. The first-order valence-corrected chi connectivity index (χ1v) is 8.87. The Morgan fingerprint density at radius 2 is 2.21 bits per heavy atom. The second kappa shape index (κ2) is 10.9. The smallest absolute Gasteiger partial charge is 0.319 e. The molecule has 1 heterocycles. The SMILES string of the molecule is CCOCCOc1cccc(NC(=O)NC[C@@H]2CCCCCN2)c1. The number of urea groups is 1. The molecule has 0 unspecified atom stereocenters. The van der Waals surface area contributed by atoms with E-state index in [-0.39, 0.29) is 6.03 Å². The molecular formula is C18H29N3O3. The predicted octanol–water partition coefficient (Wildman–Crippen LogP) is 2.76. The molecule has 0 saturated carbocycles. The Balaban J connectivity index is 1.72. The van der Waals surface area contributed by atoms with Gasteiger partial charge in [-0.25, -0.2) is 4.79 Å². The first kappa shape index (κ1) is 18.5. The van der Waals surface area contributed by atoms with Gasteiger partial charge in [-0.05, 0) is 38.4 Å². The molecule has 24 heavy (non-hydrogen) atoms. The van der Waals surface area contributed by atoms with Crippen molar-refractivity contribution < 1.29 is 14.3 Å². The van der Waals surface area contributed by atoms with Crippen molar-refractivity contribution in [3.05, 3.63) is 24.3 Å². The molecule has 3 N–H and O–H groups in total. The lowest BCUT2D eigenvalue weighted by Crippen LogP contribution is -2.41. The summed E-state index contributed by atoms with van der Waals surface area (Å²) in [4.78, 5) is 12.0. The molecule has 2 rings (SSSR count). The van der Waals surface area contributed by atoms with Gasteiger partial charge in [0.1, 0.15) is 12.4 Å². The van der Waals surface area contributed by atoms with E-state index in [0.717, 1.165) is 24.4 Å². The van der Waals surface area contributed by atoms with Crippen LogP contribution in [-0.4, -0.2) is 45.0 Å². The zero-order chi connectivity index (χ0) is 17.0. The summed E-state index contributed by atoms with van der Waals surface area (Å²) in [5, 5.41) is 9.25. The minimum absolute atomic E-state index is 0.187. The van der Waals surface area contributed by atoms with Crippen LogP contribution in [0.1, 0.15) is 32.6 Å². The molecule has 1 atom stereocenters. The van der Waals surface area contributed by atoms with E-state index in [1.807, 2.05) is 31.2 Å². The summed E-state index contributed by atoms with van der Waals surface area (Å²) in [7, 11) is 0. The second-order valence-electron chi connectivity index (χ2n) is 5.91. The highest BCUT2D eigenvalue weighted by Gasteiger charge is 2.12. The van der Waals surface area contributed by atoms with Crippen molar-refractivity contribution in [3.63, 3.8) is 0 Å². The van der Waals surface area contributed by atoms with Gasteiger partial charge in [-0.1, -0.05) is 18.9 Å². The first-order chi connectivity index (χ1) is 11.8. The molecule has 0 aromatic heterocycles. The van der Waals surface area contributed by atoms with Crippen molar-refractivity contribution in [2.45, 2.75) is 38.6 Å². The number of rotatable bonds is 8. The highest BCUT2D eigenvalue weighted by molar-refractivity contribution is 5.89. The Morgan fingerprint density at radius 1 is 1.29 bits per heavy atom. The van der Waals surface area contributed by atoms with E-state index in [9.17, 15) is 4.79 Å². The third-order valence-electron chi connectivity index (χ3n) is 3.96. The van der Waals surface area contributed by atoms with E-state index in [4.69, 9.17) is 9.47 Å². The van der Waals surface area contributed by atoms with Crippen molar-refractivity contribution in [2.24, 2.45) is 0 Å². The Labute approximate surface area is 144 Å². The fourth-order valence-corrected chi connectivity index (χ4v) is 2.69. The minimum atomic E-state index is -0.187. The number of carbonyl (C=O) groups is 1. The summed E-state index contributed by atoms with van der Waals surface area (Å²) < 4.78 is 10.8. The fourth-order valence-electron chi connectivity index (χ4n) is 2.69. The molecule has 1 aromatic rings. The maximum atomic E-state index is 12.0. The lowest BCUT2D eigenvalue weighted by atomic mass is 10.1. The first-order valence-electron chi connectivity index (χ1n) is 8.87. The molecule has 1 aliphatic heterocycles. The zero-order valence-electron chi connectivity index (χ0n) is 14.5. The molecule has 0 aliphatic carbocycles. The average molecular weight is 335 g/mol. The van der Waals surface area contributed by atoms with E-state index >= 15 is 0 Å². The monoisotopic (exact) mass is 335 g/mol. The number of hydrogen-bond acceptors (Lipinski definition) is 4. The summed E-state index contributed by atoms with van der Waals surface area (Å²) in [6.45, 7) is 5.38. The van der Waals surface area contributed by atoms with Gasteiger partial charge < -0.3 is 25.4 Å². The summed E-state index contributed by atoms with van der Waals surface area (Å²) in [5.41, 5.74) is 0.718. The lowest BCUT2D eigenvalue weighted by Gasteiger charge is -2.17. The third kappa shape index (κ3) is 7.19.